The molecule has 0 radical (unpaired) electrons. The molecule has 2 N–H and O–H groups in total. The summed E-state index contributed by atoms with van der Waals surface area (Å²) in [7, 11) is 0. The van der Waals surface area contributed by atoms with Crippen LogP contribution in [0.15, 0.2) is 36.7 Å². The molecule has 1 aromatic carbocycles. The normalized spacial score (nSPS) is 16.3. The molecule has 1 atom stereocenters. The van der Waals surface area contributed by atoms with Gasteiger partial charge in [-0.2, -0.15) is 0 Å². The fraction of sp³-hybridized carbons (Fsp3) is 0.435. The number of rotatable bonds is 7. The second-order valence-corrected chi connectivity index (χ2v) is 7.71. The van der Waals surface area contributed by atoms with Crippen molar-refractivity contribution in [1.82, 2.24) is 19.9 Å². The Morgan fingerprint density at radius 1 is 1.28 bits per heavy atom. The molecule has 2 aromatic heterocycles. The lowest BCUT2D eigenvalue weighted by Gasteiger charge is -2.35. The van der Waals surface area contributed by atoms with Crippen molar-refractivity contribution >= 4 is 28.6 Å². The van der Waals surface area contributed by atoms with Crippen molar-refractivity contribution in [3.8, 4) is 11.3 Å². The van der Waals surface area contributed by atoms with E-state index in [1.165, 1.54) is 0 Å². The van der Waals surface area contributed by atoms with Gasteiger partial charge in [0.25, 0.3) is 0 Å². The molecule has 170 valence electrons. The van der Waals surface area contributed by atoms with E-state index >= 15 is 0 Å². The van der Waals surface area contributed by atoms with Crippen molar-refractivity contribution < 1.29 is 14.3 Å². The fourth-order valence-electron chi connectivity index (χ4n) is 3.81. The summed E-state index contributed by atoms with van der Waals surface area (Å²) in [6, 6.07) is 9.80. The summed E-state index contributed by atoms with van der Waals surface area (Å²) in [5.74, 6) is 0. The number of hydrogen-bond donors (Lipinski definition) is 2. The van der Waals surface area contributed by atoms with Crippen molar-refractivity contribution in [3.05, 3.63) is 36.7 Å². The molecular weight excluding hydrogens is 408 g/mol. The zero-order chi connectivity index (χ0) is 22.5. The van der Waals surface area contributed by atoms with Gasteiger partial charge in [-0.1, -0.05) is 12.1 Å². The number of pyridine rings is 1. The van der Waals surface area contributed by atoms with Crippen LogP contribution in [0, 0.1) is 0 Å². The number of urea groups is 1. The first-order valence-corrected chi connectivity index (χ1v) is 11.0. The summed E-state index contributed by atoms with van der Waals surface area (Å²) in [6.45, 7) is 9.76. The highest BCUT2D eigenvalue weighted by Gasteiger charge is 2.24. The minimum absolute atomic E-state index is 0.219. The maximum absolute atomic E-state index is 11.8. The zero-order valence-electron chi connectivity index (χ0n) is 18.8. The molecule has 0 aliphatic carbocycles. The molecule has 1 saturated heterocycles. The first kappa shape index (κ1) is 22.0. The number of ether oxygens (including phenoxy) is 2. The number of hydrogen-bond acceptors (Lipinski definition) is 6. The molecule has 4 rings (SSSR count). The monoisotopic (exact) mass is 438 g/mol. The lowest BCUT2D eigenvalue weighted by molar-refractivity contribution is 0.0901. The fourth-order valence-corrected chi connectivity index (χ4v) is 3.81. The van der Waals surface area contributed by atoms with E-state index in [9.17, 15) is 4.79 Å². The molecule has 2 amide bonds. The molecule has 3 heterocycles. The van der Waals surface area contributed by atoms with E-state index in [0.29, 0.717) is 33.1 Å². The van der Waals surface area contributed by atoms with E-state index in [1.807, 2.05) is 42.7 Å². The number of nitrogens with one attached hydrogen (secondary N) is 2. The molecule has 1 aliphatic rings. The lowest BCUT2D eigenvalue weighted by Crippen LogP contribution is -2.43. The Kier molecular flexibility index (Phi) is 6.87. The number of nitrogens with zero attached hydrogens (tertiary/aromatic N) is 4. The third-order valence-corrected chi connectivity index (χ3v) is 5.44. The largest absolute Gasteiger partial charge is 0.377 e. The van der Waals surface area contributed by atoms with Crippen LogP contribution in [0.4, 0.5) is 16.2 Å². The number of carbonyl (C=O) groups excluding carboxylic acids is 1. The van der Waals surface area contributed by atoms with Gasteiger partial charge in [0.15, 0.2) is 5.65 Å². The van der Waals surface area contributed by atoms with Gasteiger partial charge in [0.1, 0.15) is 12.2 Å². The maximum Gasteiger partial charge on any atom is 0.319 e. The van der Waals surface area contributed by atoms with Gasteiger partial charge in [-0.15, -0.1) is 0 Å². The van der Waals surface area contributed by atoms with Gasteiger partial charge >= 0.3 is 6.03 Å². The van der Waals surface area contributed by atoms with E-state index in [0.717, 1.165) is 40.3 Å². The summed E-state index contributed by atoms with van der Waals surface area (Å²) in [5, 5.41) is 5.55. The van der Waals surface area contributed by atoms with Crippen molar-refractivity contribution in [2.45, 2.75) is 33.5 Å². The number of aromatic nitrogens is 3. The first-order chi connectivity index (χ1) is 15.6. The van der Waals surface area contributed by atoms with Crippen LogP contribution in [0.25, 0.3) is 22.4 Å². The lowest BCUT2D eigenvalue weighted by atomic mass is 10.1. The molecule has 0 bridgehead atoms. The number of morpholine rings is 1. The molecule has 32 heavy (non-hydrogen) atoms. The molecule has 9 nitrogen and oxygen atoms in total. The summed E-state index contributed by atoms with van der Waals surface area (Å²) >= 11 is 0. The smallest absolute Gasteiger partial charge is 0.319 e. The number of imidazole rings is 1. The Bertz CT molecular complexity index is 1070. The molecule has 0 saturated carbocycles. The van der Waals surface area contributed by atoms with Crippen LogP contribution in [0.3, 0.4) is 0 Å². The van der Waals surface area contributed by atoms with Crippen LogP contribution in [0.5, 0.6) is 0 Å². The van der Waals surface area contributed by atoms with E-state index in [4.69, 9.17) is 14.5 Å². The Morgan fingerprint density at radius 3 is 2.81 bits per heavy atom. The number of benzene rings is 1. The summed E-state index contributed by atoms with van der Waals surface area (Å²) < 4.78 is 13.2. The third kappa shape index (κ3) is 4.68. The van der Waals surface area contributed by atoms with E-state index in [1.54, 1.807) is 6.33 Å². The average molecular weight is 439 g/mol. The van der Waals surface area contributed by atoms with Gasteiger partial charge in [0.05, 0.1) is 30.9 Å². The number of fused-ring (bicyclic) bond motifs is 1. The van der Waals surface area contributed by atoms with Gasteiger partial charge in [-0.25, -0.2) is 14.8 Å². The second kappa shape index (κ2) is 9.97. The molecule has 3 aromatic rings. The Morgan fingerprint density at radius 2 is 2.09 bits per heavy atom. The molecule has 1 fully saturated rings. The van der Waals surface area contributed by atoms with Crippen molar-refractivity contribution in [3.63, 3.8) is 0 Å². The SMILES string of the molecule is CCNC(=O)Nc1ccc(-c2cc(N3CCOC[C@@H]3C)c3ncn(COCC)c3n2)cc1. The topological polar surface area (TPSA) is 93.5 Å². The van der Waals surface area contributed by atoms with Crippen molar-refractivity contribution in [2.75, 3.05) is 43.1 Å². The quantitative estimate of drug-likeness (QED) is 0.587. The Balaban J connectivity index is 1.72. The highest BCUT2D eigenvalue weighted by atomic mass is 16.5. The van der Waals surface area contributed by atoms with Crippen molar-refractivity contribution in [1.29, 1.82) is 0 Å². The molecular formula is C23H30N6O3. The minimum Gasteiger partial charge on any atom is -0.377 e. The van der Waals surface area contributed by atoms with E-state index in [-0.39, 0.29) is 12.1 Å². The van der Waals surface area contributed by atoms with Crippen LogP contribution >= 0.6 is 0 Å². The number of amides is 2. The summed E-state index contributed by atoms with van der Waals surface area (Å²) in [4.78, 5) is 23.7. The van der Waals surface area contributed by atoms with Crippen molar-refractivity contribution in [2.24, 2.45) is 0 Å². The Hall–Kier alpha value is -3.17. The highest BCUT2D eigenvalue weighted by Crippen LogP contribution is 2.32. The van der Waals surface area contributed by atoms with Crippen LogP contribution < -0.4 is 15.5 Å². The average Bonchev–Trinajstić information content (AvgIpc) is 3.21. The standard InChI is InChI=1S/C23H30N6O3/c1-4-24-23(30)26-18-8-6-17(7-9-18)19-12-20(29-10-11-32-13-16(29)3)21-22(27-19)28(14-25-21)15-31-5-2/h6-9,12,14,16H,4-5,10-11,13,15H2,1-3H3,(H2,24,26,30)/t16-/m0/s1. The summed E-state index contributed by atoms with van der Waals surface area (Å²) in [6.07, 6.45) is 1.78. The van der Waals surface area contributed by atoms with Gasteiger partial charge in [0, 0.05) is 37.0 Å². The number of carbonyl (C=O) groups is 1. The van der Waals surface area contributed by atoms with Crippen LogP contribution in [-0.4, -0.2) is 59.5 Å². The third-order valence-electron chi connectivity index (χ3n) is 5.44. The van der Waals surface area contributed by atoms with Gasteiger partial charge in [-0.3, -0.25) is 4.57 Å². The van der Waals surface area contributed by atoms with Gasteiger partial charge in [-0.05, 0) is 39.0 Å². The molecule has 1 aliphatic heterocycles. The highest BCUT2D eigenvalue weighted by molar-refractivity contribution is 5.91. The van der Waals surface area contributed by atoms with Crippen LogP contribution in [0.1, 0.15) is 20.8 Å². The van der Waals surface area contributed by atoms with E-state index < -0.39 is 0 Å². The zero-order valence-corrected chi connectivity index (χ0v) is 18.8. The maximum atomic E-state index is 11.8. The van der Waals surface area contributed by atoms with Crippen LogP contribution in [0.2, 0.25) is 0 Å². The predicted octanol–water partition coefficient (Wildman–Crippen LogP) is 3.46. The first-order valence-electron chi connectivity index (χ1n) is 11.0. The van der Waals surface area contributed by atoms with Crippen LogP contribution in [-0.2, 0) is 16.2 Å². The molecule has 9 heteroatoms. The molecule has 0 unspecified atom stereocenters. The second-order valence-electron chi connectivity index (χ2n) is 7.71. The minimum atomic E-state index is -0.219. The Labute approximate surface area is 187 Å². The van der Waals surface area contributed by atoms with Gasteiger partial charge in [0.2, 0.25) is 0 Å². The van der Waals surface area contributed by atoms with E-state index in [2.05, 4.69) is 33.5 Å². The number of anilines is 2. The molecule has 0 spiro atoms. The predicted molar refractivity (Wildman–Crippen MR) is 125 cm³/mol. The summed E-state index contributed by atoms with van der Waals surface area (Å²) in [5.41, 5.74) is 5.21. The van der Waals surface area contributed by atoms with Gasteiger partial charge < -0.3 is 25.0 Å².